The van der Waals surface area contributed by atoms with Crippen LogP contribution in [-0.4, -0.2) is 6.61 Å². The van der Waals surface area contributed by atoms with Crippen molar-refractivity contribution in [2.24, 2.45) is 17.8 Å². The van der Waals surface area contributed by atoms with Gasteiger partial charge in [0, 0.05) is 5.39 Å². The predicted octanol–water partition coefficient (Wildman–Crippen LogP) is 7.78. The highest BCUT2D eigenvalue weighted by atomic mass is 19.1. The van der Waals surface area contributed by atoms with Crippen LogP contribution in [0.2, 0.25) is 0 Å². The zero-order valence-electron chi connectivity index (χ0n) is 17.6. The number of hydrogen-bond acceptors (Lipinski definition) is 1. The van der Waals surface area contributed by atoms with Crippen LogP contribution in [0.25, 0.3) is 10.8 Å². The maximum atomic E-state index is 15.0. The Kier molecular flexibility index (Phi) is 6.22. The van der Waals surface area contributed by atoms with Gasteiger partial charge in [-0.1, -0.05) is 38.0 Å². The Balaban J connectivity index is 1.55. The first-order valence-corrected chi connectivity index (χ1v) is 11.3. The van der Waals surface area contributed by atoms with Crippen LogP contribution in [0.5, 0.6) is 5.75 Å². The predicted molar refractivity (Wildman–Crippen MR) is 115 cm³/mol. The zero-order valence-corrected chi connectivity index (χ0v) is 17.6. The summed E-state index contributed by atoms with van der Waals surface area (Å²) in [5.74, 6) is 2.13. The number of ether oxygens (including phenoxy) is 1. The van der Waals surface area contributed by atoms with Crippen LogP contribution in [0.1, 0.15) is 70.3 Å². The molecule has 0 N–H and O–H groups in total. The lowest BCUT2D eigenvalue weighted by Crippen LogP contribution is -2.30. The van der Waals surface area contributed by atoms with Crippen LogP contribution < -0.4 is 4.74 Å². The third-order valence-electron chi connectivity index (χ3n) is 7.35. The quantitative estimate of drug-likeness (QED) is 0.467. The topological polar surface area (TPSA) is 9.23 Å². The molecule has 1 nitrogen and oxygen atoms in total. The van der Waals surface area contributed by atoms with Crippen molar-refractivity contribution in [3.05, 3.63) is 53.6 Å². The molecule has 2 aromatic rings. The molecule has 0 radical (unpaired) electrons. The van der Waals surface area contributed by atoms with E-state index in [0.29, 0.717) is 12.0 Å². The van der Waals surface area contributed by atoms with Gasteiger partial charge in [0.2, 0.25) is 0 Å². The van der Waals surface area contributed by atoms with Crippen molar-refractivity contribution in [2.75, 3.05) is 6.61 Å². The fourth-order valence-corrected chi connectivity index (χ4v) is 5.61. The van der Waals surface area contributed by atoms with Gasteiger partial charge in [-0.3, -0.25) is 0 Å². The summed E-state index contributed by atoms with van der Waals surface area (Å²) < 4.78 is 35.3. The van der Waals surface area contributed by atoms with Gasteiger partial charge in [0.1, 0.15) is 12.4 Å². The molecule has 2 saturated carbocycles. The Morgan fingerprint density at radius 3 is 2.62 bits per heavy atom. The molecule has 2 aliphatic carbocycles. The van der Waals surface area contributed by atoms with Crippen molar-refractivity contribution < 1.29 is 13.5 Å². The van der Waals surface area contributed by atoms with Gasteiger partial charge in [-0.25, -0.2) is 8.78 Å². The highest BCUT2D eigenvalue weighted by Crippen LogP contribution is 2.48. The summed E-state index contributed by atoms with van der Waals surface area (Å²) in [5, 5.41) is 1.07. The Hall–Kier alpha value is -1.90. The summed E-state index contributed by atoms with van der Waals surface area (Å²) in [6.45, 7) is 4.50. The lowest BCUT2D eigenvalue weighted by molar-refractivity contribution is 0.115. The van der Waals surface area contributed by atoms with E-state index in [1.54, 1.807) is 6.07 Å². The summed E-state index contributed by atoms with van der Waals surface area (Å²) in [7, 11) is 0. The second kappa shape index (κ2) is 8.85. The lowest BCUT2D eigenvalue weighted by atomic mass is 9.63. The molecule has 2 aliphatic rings. The minimum Gasteiger partial charge on any atom is -0.486 e. The standard InChI is InChI=1S/C26H32F2O/c1-3-5-12-29-25-11-10-21-15-22(24(27)16-23(21)26(25)28)20-9-8-18-13-17(4-2)6-7-19(18)14-20/h3,5,10-11,15-20H,4,6-9,12-14H2,1-2H3/b5-3+/t17?,18-,19?,20-/m1/s1. The summed E-state index contributed by atoms with van der Waals surface area (Å²) in [6.07, 6.45) is 12.3. The van der Waals surface area contributed by atoms with Gasteiger partial charge < -0.3 is 4.74 Å². The summed E-state index contributed by atoms with van der Waals surface area (Å²) >= 11 is 0. The molecule has 0 aromatic heterocycles. The number of benzene rings is 2. The van der Waals surface area contributed by atoms with Crippen molar-refractivity contribution in [3.63, 3.8) is 0 Å². The molecular weight excluding hydrogens is 366 g/mol. The van der Waals surface area contributed by atoms with E-state index in [0.717, 1.165) is 41.5 Å². The van der Waals surface area contributed by atoms with Gasteiger partial charge in [-0.05, 0) is 91.8 Å². The van der Waals surface area contributed by atoms with Crippen molar-refractivity contribution in [1.82, 2.24) is 0 Å². The molecule has 2 fully saturated rings. The maximum absolute atomic E-state index is 15.0. The van der Waals surface area contributed by atoms with E-state index in [9.17, 15) is 4.39 Å². The molecule has 3 heteroatoms. The third-order valence-corrected chi connectivity index (χ3v) is 7.35. The molecule has 0 heterocycles. The van der Waals surface area contributed by atoms with Gasteiger partial charge >= 0.3 is 0 Å². The van der Waals surface area contributed by atoms with Gasteiger partial charge in [0.25, 0.3) is 0 Å². The first-order chi connectivity index (χ1) is 14.1. The number of halogens is 2. The molecular formula is C26H32F2O. The average molecular weight is 399 g/mol. The molecule has 4 rings (SSSR count). The molecule has 2 unspecified atom stereocenters. The SMILES string of the molecule is C/C=C/COc1ccc2cc([C@@H]3CC[C@@H]4CC(CC)CCC4C3)c(F)cc2c1F. The zero-order chi connectivity index (χ0) is 20.4. The van der Waals surface area contributed by atoms with Crippen LogP contribution >= 0.6 is 0 Å². The first kappa shape index (κ1) is 20.4. The Labute approximate surface area is 173 Å². The first-order valence-electron chi connectivity index (χ1n) is 11.3. The summed E-state index contributed by atoms with van der Waals surface area (Å²) in [4.78, 5) is 0. The van der Waals surface area contributed by atoms with E-state index >= 15 is 4.39 Å². The molecule has 4 atom stereocenters. The Morgan fingerprint density at radius 2 is 1.83 bits per heavy atom. The molecule has 29 heavy (non-hydrogen) atoms. The number of fused-ring (bicyclic) bond motifs is 2. The average Bonchev–Trinajstić information content (AvgIpc) is 2.75. The summed E-state index contributed by atoms with van der Waals surface area (Å²) in [6, 6.07) is 6.77. The number of allylic oxidation sites excluding steroid dienone is 1. The third kappa shape index (κ3) is 4.20. The van der Waals surface area contributed by atoms with Crippen LogP contribution in [0.15, 0.2) is 36.4 Å². The Bertz CT molecular complexity index is 888. The molecule has 0 amide bonds. The van der Waals surface area contributed by atoms with Crippen LogP contribution in [-0.2, 0) is 0 Å². The highest BCUT2D eigenvalue weighted by molar-refractivity contribution is 5.85. The van der Waals surface area contributed by atoms with E-state index < -0.39 is 5.82 Å². The van der Waals surface area contributed by atoms with Crippen molar-refractivity contribution >= 4 is 10.8 Å². The van der Waals surface area contributed by atoms with Gasteiger partial charge in [0.15, 0.2) is 11.6 Å². The monoisotopic (exact) mass is 398 g/mol. The van der Waals surface area contributed by atoms with Gasteiger partial charge in [-0.2, -0.15) is 0 Å². The highest BCUT2D eigenvalue weighted by Gasteiger charge is 2.36. The minimum absolute atomic E-state index is 0.177. The van der Waals surface area contributed by atoms with E-state index in [2.05, 4.69) is 6.92 Å². The van der Waals surface area contributed by atoms with Crippen LogP contribution in [0.3, 0.4) is 0 Å². The molecule has 0 bridgehead atoms. The smallest absolute Gasteiger partial charge is 0.172 e. The second-order valence-electron chi connectivity index (χ2n) is 8.97. The van der Waals surface area contributed by atoms with E-state index in [1.165, 1.54) is 38.2 Å². The number of hydrogen-bond donors (Lipinski definition) is 0. The van der Waals surface area contributed by atoms with Crippen molar-refractivity contribution in [3.8, 4) is 5.75 Å². The van der Waals surface area contributed by atoms with Crippen molar-refractivity contribution in [2.45, 2.75) is 64.7 Å². The Morgan fingerprint density at radius 1 is 1.03 bits per heavy atom. The molecule has 0 saturated heterocycles. The summed E-state index contributed by atoms with van der Waals surface area (Å²) in [5.41, 5.74) is 0.774. The fourth-order valence-electron chi connectivity index (χ4n) is 5.61. The van der Waals surface area contributed by atoms with Gasteiger partial charge in [0.05, 0.1) is 0 Å². The normalized spacial score (nSPS) is 27.3. The minimum atomic E-state index is -0.473. The largest absolute Gasteiger partial charge is 0.486 e. The van der Waals surface area contributed by atoms with E-state index in [1.807, 2.05) is 31.2 Å². The molecule has 0 spiro atoms. The molecule has 156 valence electrons. The molecule has 2 aromatic carbocycles. The van der Waals surface area contributed by atoms with Crippen LogP contribution in [0, 0.1) is 29.4 Å². The van der Waals surface area contributed by atoms with Crippen molar-refractivity contribution in [1.29, 1.82) is 0 Å². The maximum Gasteiger partial charge on any atom is 0.172 e. The number of rotatable bonds is 5. The second-order valence-corrected chi connectivity index (χ2v) is 8.97. The van der Waals surface area contributed by atoms with Crippen LogP contribution in [0.4, 0.5) is 8.78 Å². The van der Waals surface area contributed by atoms with E-state index in [4.69, 9.17) is 4.74 Å². The molecule has 0 aliphatic heterocycles. The fraction of sp³-hybridized carbons (Fsp3) is 0.538. The van der Waals surface area contributed by atoms with Gasteiger partial charge in [-0.15, -0.1) is 0 Å². The van der Waals surface area contributed by atoms with E-state index in [-0.39, 0.29) is 17.5 Å². The lowest BCUT2D eigenvalue weighted by Gasteiger charge is -2.42.